The van der Waals surface area contributed by atoms with E-state index in [4.69, 9.17) is 4.99 Å². The van der Waals surface area contributed by atoms with E-state index in [2.05, 4.69) is 43.2 Å². The molecule has 0 aliphatic carbocycles. The normalized spacial score (nSPS) is 26.5. The van der Waals surface area contributed by atoms with Crippen LogP contribution >= 0.6 is 0 Å². The molecule has 2 heterocycles. The fraction of sp³-hybridized carbons (Fsp3) is 0.882. The maximum absolute atomic E-state index is 11.6. The first-order valence-electron chi connectivity index (χ1n) is 8.64. The van der Waals surface area contributed by atoms with Gasteiger partial charge in [-0.25, -0.2) is 0 Å². The van der Waals surface area contributed by atoms with Gasteiger partial charge in [-0.2, -0.15) is 0 Å². The van der Waals surface area contributed by atoms with E-state index in [1.807, 2.05) is 0 Å². The largest absolute Gasteiger partial charge is 0.357 e. The minimum absolute atomic E-state index is 0.121. The van der Waals surface area contributed by atoms with Gasteiger partial charge in [0.2, 0.25) is 5.91 Å². The SMILES string of the molecule is CCNC(=NCCC(C)(C)C)N1CCCC2(CNC(=O)C2)C1. The number of nitrogens with one attached hydrogen (secondary N) is 2. The first-order valence-corrected chi connectivity index (χ1v) is 8.64. The van der Waals surface area contributed by atoms with Crippen LogP contribution in [0.25, 0.3) is 0 Å². The highest BCUT2D eigenvalue weighted by Gasteiger charge is 2.42. The molecule has 0 radical (unpaired) electrons. The van der Waals surface area contributed by atoms with Crippen molar-refractivity contribution in [3.63, 3.8) is 0 Å². The Morgan fingerprint density at radius 2 is 2.23 bits per heavy atom. The molecular weight excluding hydrogens is 276 g/mol. The van der Waals surface area contributed by atoms with Gasteiger partial charge in [-0.05, 0) is 31.6 Å². The second-order valence-corrected chi connectivity index (χ2v) is 8.02. The van der Waals surface area contributed by atoms with Crippen molar-refractivity contribution in [2.24, 2.45) is 15.8 Å². The summed E-state index contributed by atoms with van der Waals surface area (Å²) in [5.74, 6) is 1.22. The highest BCUT2D eigenvalue weighted by atomic mass is 16.1. The average molecular weight is 308 g/mol. The van der Waals surface area contributed by atoms with E-state index in [0.717, 1.165) is 57.9 Å². The molecule has 2 N–H and O–H groups in total. The molecule has 126 valence electrons. The van der Waals surface area contributed by atoms with Crippen LogP contribution in [0, 0.1) is 10.8 Å². The van der Waals surface area contributed by atoms with Gasteiger partial charge in [-0.1, -0.05) is 20.8 Å². The molecule has 0 aromatic rings. The van der Waals surface area contributed by atoms with E-state index in [1.165, 1.54) is 0 Å². The molecule has 0 aromatic carbocycles. The highest BCUT2D eigenvalue weighted by molar-refractivity contribution is 5.81. The summed E-state index contributed by atoms with van der Waals surface area (Å²) in [6, 6.07) is 0. The fourth-order valence-corrected chi connectivity index (χ4v) is 3.35. The van der Waals surface area contributed by atoms with Crippen LogP contribution < -0.4 is 10.6 Å². The lowest BCUT2D eigenvalue weighted by molar-refractivity contribution is -0.119. The predicted molar refractivity (Wildman–Crippen MR) is 90.9 cm³/mol. The molecule has 0 saturated carbocycles. The van der Waals surface area contributed by atoms with Gasteiger partial charge in [-0.3, -0.25) is 9.79 Å². The number of rotatable bonds is 3. The Hall–Kier alpha value is -1.26. The Labute approximate surface area is 134 Å². The van der Waals surface area contributed by atoms with Gasteiger partial charge in [0.25, 0.3) is 0 Å². The van der Waals surface area contributed by atoms with Crippen LogP contribution in [-0.4, -0.2) is 49.5 Å². The van der Waals surface area contributed by atoms with Gasteiger partial charge >= 0.3 is 0 Å². The summed E-state index contributed by atoms with van der Waals surface area (Å²) in [6.45, 7) is 13.4. The van der Waals surface area contributed by atoms with Gasteiger partial charge in [0.15, 0.2) is 5.96 Å². The number of guanidine groups is 1. The maximum atomic E-state index is 11.6. The number of piperidine rings is 1. The lowest BCUT2D eigenvalue weighted by Gasteiger charge is -2.40. The quantitative estimate of drug-likeness (QED) is 0.619. The zero-order valence-electron chi connectivity index (χ0n) is 14.7. The molecule has 2 fully saturated rings. The number of carbonyl (C=O) groups excluding carboxylic acids is 1. The molecule has 2 aliphatic heterocycles. The number of likely N-dealkylation sites (tertiary alicyclic amines) is 1. The average Bonchev–Trinajstić information content (AvgIpc) is 2.77. The Balaban J connectivity index is 2.01. The third kappa shape index (κ3) is 4.62. The van der Waals surface area contributed by atoms with Crippen LogP contribution in [-0.2, 0) is 4.79 Å². The number of nitrogens with zero attached hydrogens (tertiary/aromatic N) is 2. The zero-order valence-corrected chi connectivity index (χ0v) is 14.7. The Kier molecular flexibility index (Phi) is 5.35. The van der Waals surface area contributed by atoms with Crippen molar-refractivity contribution in [2.75, 3.05) is 32.7 Å². The van der Waals surface area contributed by atoms with Crippen LogP contribution in [0.1, 0.15) is 53.4 Å². The highest BCUT2D eigenvalue weighted by Crippen LogP contribution is 2.36. The number of hydrogen-bond donors (Lipinski definition) is 2. The van der Waals surface area contributed by atoms with Crippen molar-refractivity contribution in [1.82, 2.24) is 15.5 Å². The summed E-state index contributed by atoms with van der Waals surface area (Å²) >= 11 is 0. The van der Waals surface area contributed by atoms with Gasteiger partial charge in [0.1, 0.15) is 0 Å². The maximum Gasteiger partial charge on any atom is 0.220 e. The summed E-state index contributed by atoms with van der Waals surface area (Å²) in [5, 5.41) is 6.44. The van der Waals surface area contributed by atoms with Crippen molar-refractivity contribution >= 4 is 11.9 Å². The van der Waals surface area contributed by atoms with E-state index >= 15 is 0 Å². The Morgan fingerprint density at radius 3 is 2.82 bits per heavy atom. The van der Waals surface area contributed by atoms with Crippen molar-refractivity contribution in [3.05, 3.63) is 0 Å². The van der Waals surface area contributed by atoms with Crippen LogP contribution in [0.5, 0.6) is 0 Å². The molecule has 1 amide bonds. The summed E-state index contributed by atoms with van der Waals surface area (Å²) in [5.41, 5.74) is 0.432. The van der Waals surface area contributed by atoms with Crippen molar-refractivity contribution < 1.29 is 4.79 Å². The minimum Gasteiger partial charge on any atom is -0.357 e. The Bertz CT molecular complexity index is 427. The van der Waals surface area contributed by atoms with Crippen molar-refractivity contribution in [1.29, 1.82) is 0 Å². The summed E-state index contributed by atoms with van der Waals surface area (Å²) in [6.07, 6.45) is 4.04. The first-order chi connectivity index (χ1) is 10.3. The third-order valence-electron chi connectivity index (χ3n) is 4.62. The van der Waals surface area contributed by atoms with Crippen LogP contribution in [0.4, 0.5) is 0 Å². The van der Waals surface area contributed by atoms with E-state index in [0.29, 0.717) is 11.8 Å². The first kappa shape index (κ1) is 17.1. The molecule has 0 bridgehead atoms. The molecule has 1 spiro atoms. The molecule has 5 heteroatoms. The van der Waals surface area contributed by atoms with Crippen molar-refractivity contribution in [2.45, 2.75) is 53.4 Å². The standard InChI is InChI=1S/C17H32N4O/c1-5-18-15(19-9-8-16(2,3)4)21-10-6-7-17(13-21)11-14(22)20-12-17/h5-13H2,1-4H3,(H,18,19)(H,20,22). The van der Waals surface area contributed by atoms with Gasteiger partial charge in [0.05, 0.1) is 0 Å². The number of aliphatic imine (C=N–C) groups is 1. The number of hydrogen-bond acceptors (Lipinski definition) is 2. The van der Waals surface area contributed by atoms with Crippen molar-refractivity contribution in [3.8, 4) is 0 Å². The van der Waals surface area contributed by atoms with E-state index in [-0.39, 0.29) is 11.3 Å². The van der Waals surface area contributed by atoms with Gasteiger partial charge in [-0.15, -0.1) is 0 Å². The van der Waals surface area contributed by atoms with Crippen LogP contribution in [0.3, 0.4) is 0 Å². The monoisotopic (exact) mass is 308 g/mol. The molecule has 2 aliphatic rings. The zero-order chi connectivity index (χ0) is 16.2. The third-order valence-corrected chi connectivity index (χ3v) is 4.62. The van der Waals surface area contributed by atoms with Crippen LogP contribution in [0.15, 0.2) is 4.99 Å². The molecule has 2 rings (SSSR count). The molecule has 0 aromatic heterocycles. The molecule has 1 atom stereocenters. The topological polar surface area (TPSA) is 56.7 Å². The second kappa shape index (κ2) is 6.88. The van der Waals surface area contributed by atoms with E-state index in [9.17, 15) is 4.79 Å². The Morgan fingerprint density at radius 1 is 1.45 bits per heavy atom. The smallest absolute Gasteiger partial charge is 0.220 e. The molecule has 2 saturated heterocycles. The lowest BCUT2D eigenvalue weighted by Crippen LogP contribution is -2.51. The summed E-state index contributed by atoms with van der Waals surface area (Å²) < 4.78 is 0. The van der Waals surface area contributed by atoms with Gasteiger partial charge < -0.3 is 15.5 Å². The summed E-state index contributed by atoms with van der Waals surface area (Å²) in [4.78, 5) is 18.8. The minimum atomic E-state index is 0.121. The molecule has 22 heavy (non-hydrogen) atoms. The van der Waals surface area contributed by atoms with Crippen LogP contribution in [0.2, 0.25) is 0 Å². The molecular formula is C17H32N4O. The molecule has 5 nitrogen and oxygen atoms in total. The number of carbonyl (C=O) groups is 1. The number of amides is 1. The molecule has 1 unspecified atom stereocenters. The van der Waals surface area contributed by atoms with E-state index in [1.54, 1.807) is 0 Å². The van der Waals surface area contributed by atoms with E-state index < -0.39 is 0 Å². The van der Waals surface area contributed by atoms with Gasteiger partial charge in [0, 0.05) is 44.6 Å². The fourth-order valence-electron chi connectivity index (χ4n) is 3.35. The predicted octanol–water partition coefficient (Wildman–Crippen LogP) is 1.99. The summed E-state index contributed by atoms with van der Waals surface area (Å²) in [7, 11) is 0. The lowest BCUT2D eigenvalue weighted by atomic mass is 9.79. The second-order valence-electron chi connectivity index (χ2n) is 8.02.